The van der Waals surface area contributed by atoms with Crippen molar-refractivity contribution in [3.8, 4) is 0 Å². The molecule has 1 aromatic heterocycles. The van der Waals surface area contributed by atoms with Crippen molar-refractivity contribution >= 4 is 17.9 Å². The van der Waals surface area contributed by atoms with Crippen molar-refractivity contribution in [3.05, 3.63) is 47.9 Å². The van der Waals surface area contributed by atoms with Crippen LogP contribution in [0.15, 0.2) is 36.5 Å². The minimum absolute atomic E-state index is 0.0585. The van der Waals surface area contributed by atoms with Gasteiger partial charge in [-0.15, -0.1) is 0 Å². The van der Waals surface area contributed by atoms with Crippen molar-refractivity contribution in [1.29, 1.82) is 0 Å². The molecule has 2 atom stereocenters. The van der Waals surface area contributed by atoms with Gasteiger partial charge in [0.25, 0.3) is 0 Å². The molecule has 25 heavy (non-hydrogen) atoms. The van der Waals surface area contributed by atoms with E-state index < -0.39 is 18.0 Å². The van der Waals surface area contributed by atoms with E-state index in [9.17, 15) is 9.18 Å². The molecule has 4 rings (SSSR count). The number of rotatable bonds is 5. The van der Waals surface area contributed by atoms with Crippen LogP contribution in [0.4, 0.5) is 21.0 Å². The van der Waals surface area contributed by atoms with Crippen LogP contribution in [-0.4, -0.2) is 28.7 Å². The minimum Gasteiger partial charge on any atom is -0.447 e. The number of anilines is 2. The highest BCUT2D eigenvalue weighted by Gasteiger charge is 2.38. The summed E-state index contributed by atoms with van der Waals surface area (Å²) in [7, 11) is 0. The third kappa shape index (κ3) is 3.14. The Morgan fingerprint density at radius 1 is 1.32 bits per heavy atom. The summed E-state index contributed by atoms with van der Waals surface area (Å²) in [5, 5.41) is 3.20. The number of hydrogen-bond donors (Lipinski definition) is 1. The van der Waals surface area contributed by atoms with Gasteiger partial charge in [-0.25, -0.2) is 19.1 Å². The molecule has 2 fully saturated rings. The number of benzene rings is 1. The molecular weight excluding hydrogens is 323 g/mol. The molecule has 7 heteroatoms. The molecule has 1 amide bonds. The van der Waals surface area contributed by atoms with E-state index in [2.05, 4.69) is 22.2 Å². The van der Waals surface area contributed by atoms with Gasteiger partial charge in [0.05, 0.1) is 6.20 Å². The van der Waals surface area contributed by atoms with Crippen molar-refractivity contribution in [3.63, 3.8) is 0 Å². The Balaban J connectivity index is 1.65. The Morgan fingerprint density at radius 3 is 2.80 bits per heavy atom. The Kier molecular flexibility index (Phi) is 3.99. The molecule has 2 aromatic rings. The van der Waals surface area contributed by atoms with Crippen molar-refractivity contribution in [2.45, 2.75) is 31.8 Å². The summed E-state index contributed by atoms with van der Waals surface area (Å²) in [5.41, 5.74) is 0.868. The molecule has 1 saturated carbocycles. The first-order valence-electron chi connectivity index (χ1n) is 8.43. The van der Waals surface area contributed by atoms with Crippen molar-refractivity contribution < 1.29 is 13.9 Å². The lowest BCUT2D eigenvalue weighted by molar-refractivity contribution is 0.178. The monoisotopic (exact) mass is 342 g/mol. The lowest BCUT2D eigenvalue weighted by atomic mass is 10.1. The zero-order chi connectivity index (χ0) is 17.4. The molecule has 6 nitrogen and oxygen atoms in total. The van der Waals surface area contributed by atoms with E-state index in [0.717, 1.165) is 11.8 Å². The lowest BCUT2D eigenvalue weighted by Crippen LogP contribution is -2.30. The van der Waals surface area contributed by atoms with Crippen LogP contribution in [-0.2, 0) is 4.74 Å². The summed E-state index contributed by atoms with van der Waals surface area (Å²) in [6.07, 6.45) is 2.85. The number of hydrogen-bond acceptors (Lipinski definition) is 5. The fraction of sp³-hybridized carbons (Fsp3) is 0.389. The maximum Gasteiger partial charge on any atom is 0.416 e. The largest absolute Gasteiger partial charge is 0.447 e. The third-order valence-corrected chi connectivity index (χ3v) is 4.70. The predicted molar refractivity (Wildman–Crippen MR) is 90.8 cm³/mol. The highest BCUT2D eigenvalue weighted by Crippen LogP contribution is 2.35. The molecule has 1 aliphatic heterocycles. The van der Waals surface area contributed by atoms with Gasteiger partial charge in [0.15, 0.2) is 11.6 Å². The van der Waals surface area contributed by atoms with E-state index in [0.29, 0.717) is 11.9 Å². The van der Waals surface area contributed by atoms with Crippen molar-refractivity contribution in [1.82, 2.24) is 9.97 Å². The number of nitrogens with one attached hydrogen (secondary N) is 1. The summed E-state index contributed by atoms with van der Waals surface area (Å²) < 4.78 is 19.5. The molecular formula is C18H19FN4O2. The first kappa shape index (κ1) is 15.8. The Morgan fingerprint density at radius 2 is 2.08 bits per heavy atom. The van der Waals surface area contributed by atoms with Crippen LogP contribution in [0.1, 0.15) is 31.4 Å². The average Bonchev–Trinajstić information content (AvgIpc) is 3.40. The average molecular weight is 342 g/mol. The normalized spacial score (nSPS) is 21.1. The summed E-state index contributed by atoms with van der Waals surface area (Å²) in [5.74, 6) is 0.217. The summed E-state index contributed by atoms with van der Waals surface area (Å²) in [6, 6.07) is 9.20. The minimum atomic E-state index is -0.649. The molecule has 1 aromatic carbocycles. The maximum absolute atomic E-state index is 14.4. The molecule has 0 bridgehead atoms. The number of halogens is 1. The van der Waals surface area contributed by atoms with Crippen LogP contribution >= 0.6 is 0 Å². The predicted octanol–water partition coefficient (Wildman–Crippen LogP) is 3.52. The van der Waals surface area contributed by atoms with Crippen LogP contribution in [0, 0.1) is 11.7 Å². The lowest BCUT2D eigenvalue weighted by Gasteiger charge is -2.22. The second-order valence-electron chi connectivity index (χ2n) is 6.51. The molecule has 2 heterocycles. The van der Waals surface area contributed by atoms with Crippen LogP contribution in [0.3, 0.4) is 0 Å². The number of amides is 1. The van der Waals surface area contributed by atoms with Gasteiger partial charge in [-0.05, 0) is 31.2 Å². The highest BCUT2D eigenvalue weighted by atomic mass is 19.1. The van der Waals surface area contributed by atoms with Crippen molar-refractivity contribution in [2.75, 3.05) is 16.8 Å². The van der Waals surface area contributed by atoms with E-state index in [1.54, 1.807) is 0 Å². The third-order valence-electron chi connectivity index (χ3n) is 4.70. The summed E-state index contributed by atoms with van der Waals surface area (Å²) in [6.45, 7) is 2.22. The van der Waals surface area contributed by atoms with Gasteiger partial charge in [0, 0.05) is 6.04 Å². The van der Waals surface area contributed by atoms with Gasteiger partial charge in [-0.3, -0.25) is 0 Å². The van der Waals surface area contributed by atoms with E-state index in [1.807, 2.05) is 30.3 Å². The number of carbonyl (C=O) groups is 1. The molecule has 0 radical (unpaired) electrons. The number of ether oxygens (including phenoxy) is 1. The first-order valence-corrected chi connectivity index (χ1v) is 8.43. The Bertz CT molecular complexity index is 782. The first-order chi connectivity index (χ1) is 12.1. The molecule has 130 valence electrons. The fourth-order valence-electron chi connectivity index (χ4n) is 3.09. The van der Waals surface area contributed by atoms with Gasteiger partial charge < -0.3 is 10.1 Å². The zero-order valence-electron chi connectivity index (χ0n) is 13.9. The van der Waals surface area contributed by atoms with Crippen LogP contribution in [0.2, 0.25) is 0 Å². The van der Waals surface area contributed by atoms with E-state index >= 15 is 0 Å². The van der Waals surface area contributed by atoms with Crippen LogP contribution in [0.25, 0.3) is 0 Å². The standard InChI is InChI=1S/C18H19FN4O2/c1-11(12-7-8-12)21-17-20-9-14(19)16(22-17)23-15(10-25-18(23)24)13-5-3-2-4-6-13/h2-6,9,11-12,15H,7-8,10H2,1H3,(H,20,21,22)/t11-,15?/m0/s1. The second-order valence-corrected chi connectivity index (χ2v) is 6.51. The maximum atomic E-state index is 14.4. The molecule has 1 N–H and O–H groups in total. The molecule has 1 aliphatic carbocycles. The SMILES string of the molecule is C[C@H](Nc1ncc(F)c(N2C(=O)OCC2c2ccccc2)n1)C1CC1. The molecule has 1 saturated heterocycles. The zero-order valence-corrected chi connectivity index (χ0v) is 13.9. The Hall–Kier alpha value is -2.70. The fourth-order valence-corrected chi connectivity index (χ4v) is 3.09. The number of aromatic nitrogens is 2. The quantitative estimate of drug-likeness (QED) is 0.900. The van der Waals surface area contributed by atoms with Crippen LogP contribution < -0.4 is 10.2 Å². The van der Waals surface area contributed by atoms with Gasteiger partial charge in [0.2, 0.25) is 5.95 Å². The van der Waals surface area contributed by atoms with Gasteiger partial charge >= 0.3 is 6.09 Å². The molecule has 0 spiro atoms. The smallest absolute Gasteiger partial charge is 0.416 e. The topological polar surface area (TPSA) is 67.4 Å². The summed E-state index contributed by atoms with van der Waals surface area (Å²) >= 11 is 0. The second kappa shape index (κ2) is 6.31. The van der Waals surface area contributed by atoms with E-state index in [-0.39, 0.29) is 18.5 Å². The Labute approximate surface area is 145 Å². The number of cyclic esters (lactones) is 1. The van der Waals surface area contributed by atoms with E-state index in [1.165, 1.54) is 17.7 Å². The van der Waals surface area contributed by atoms with Gasteiger partial charge in [-0.2, -0.15) is 4.98 Å². The van der Waals surface area contributed by atoms with Crippen molar-refractivity contribution in [2.24, 2.45) is 5.92 Å². The molecule has 2 aliphatic rings. The number of nitrogens with zero attached hydrogens (tertiary/aromatic N) is 3. The van der Waals surface area contributed by atoms with E-state index in [4.69, 9.17) is 4.74 Å². The highest BCUT2D eigenvalue weighted by molar-refractivity contribution is 5.89. The number of carbonyl (C=O) groups excluding carboxylic acids is 1. The van der Waals surface area contributed by atoms with Gasteiger partial charge in [-0.1, -0.05) is 30.3 Å². The molecule has 1 unspecified atom stereocenters. The summed E-state index contributed by atoms with van der Waals surface area (Å²) in [4.78, 5) is 21.7. The van der Waals surface area contributed by atoms with Gasteiger partial charge in [0.1, 0.15) is 12.6 Å². The van der Waals surface area contributed by atoms with Crippen LogP contribution in [0.5, 0.6) is 0 Å².